The highest BCUT2D eigenvalue weighted by Crippen LogP contribution is 2.23. The molecule has 0 bridgehead atoms. The average Bonchev–Trinajstić information content (AvgIpc) is 2.78. The molecular formula is C25H34FN3O4S. The molecule has 7 nitrogen and oxygen atoms in total. The van der Waals surface area contributed by atoms with Crippen molar-refractivity contribution in [3.8, 4) is 0 Å². The molecule has 0 radical (unpaired) electrons. The average molecular weight is 492 g/mol. The van der Waals surface area contributed by atoms with Crippen molar-refractivity contribution in [1.29, 1.82) is 0 Å². The first kappa shape index (κ1) is 27.3. The molecule has 186 valence electrons. The number of unbranched alkanes of at least 4 members (excludes halogenated alkanes) is 1. The van der Waals surface area contributed by atoms with E-state index in [2.05, 4.69) is 5.32 Å². The molecular weight excluding hydrogens is 457 g/mol. The maximum atomic E-state index is 13.6. The topological polar surface area (TPSA) is 86.8 Å². The third-order valence-electron chi connectivity index (χ3n) is 5.54. The van der Waals surface area contributed by atoms with E-state index in [9.17, 15) is 22.4 Å². The molecule has 0 fully saturated rings. The quantitative estimate of drug-likeness (QED) is 0.460. The third kappa shape index (κ3) is 7.55. The smallest absolute Gasteiger partial charge is 0.244 e. The molecule has 0 heterocycles. The van der Waals surface area contributed by atoms with E-state index in [-0.39, 0.29) is 12.5 Å². The SMILES string of the molecule is CCCCNC(=O)[C@@H](CC)N(Cc1ccc(F)cc1)C(=O)CN(c1ccccc1C)S(C)(=O)=O. The Morgan fingerprint density at radius 1 is 1.06 bits per heavy atom. The minimum absolute atomic E-state index is 0.0458. The second-order valence-corrected chi connectivity index (χ2v) is 10.2. The van der Waals surface area contributed by atoms with Crippen LogP contribution in [-0.2, 0) is 26.2 Å². The molecule has 0 aromatic heterocycles. The highest BCUT2D eigenvalue weighted by atomic mass is 32.2. The normalized spacial score (nSPS) is 12.1. The number of amides is 2. The summed E-state index contributed by atoms with van der Waals surface area (Å²) in [6.07, 6.45) is 3.11. The highest BCUT2D eigenvalue weighted by molar-refractivity contribution is 7.92. The molecule has 2 aromatic carbocycles. The summed E-state index contributed by atoms with van der Waals surface area (Å²) in [5.41, 5.74) is 1.74. The fourth-order valence-corrected chi connectivity index (χ4v) is 4.56. The maximum absolute atomic E-state index is 13.6. The van der Waals surface area contributed by atoms with E-state index in [0.717, 1.165) is 23.4 Å². The van der Waals surface area contributed by atoms with Crippen LogP contribution in [0, 0.1) is 12.7 Å². The van der Waals surface area contributed by atoms with Crippen molar-refractivity contribution in [3.05, 3.63) is 65.5 Å². The molecule has 0 aliphatic carbocycles. The molecule has 34 heavy (non-hydrogen) atoms. The molecule has 9 heteroatoms. The number of carbonyl (C=O) groups excluding carboxylic acids is 2. The number of nitrogens with one attached hydrogen (secondary N) is 1. The summed E-state index contributed by atoms with van der Waals surface area (Å²) < 4.78 is 39.7. The Kier molecular flexibility index (Phi) is 10.0. The summed E-state index contributed by atoms with van der Waals surface area (Å²) in [4.78, 5) is 27.9. The van der Waals surface area contributed by atoms with Gasteiger partial charge in [-0.05, 0) is 49.1 Å². The minimum Gasteiger partial charge on any atom is -0.354 e. The van der Waals surface area contributed by atoms with E-state index in [1.807, 2.05) is 6.92 Å². The van der Waals surface area contributed by atoms with Crippen molar-refractivity contribution in [3.63, 3.8) is 0 Å². The second kappa shape index (κ2) is 12.5. The summed E-state index contributed by atoms with van der Waals surface area (Å²) in [5.74, 6) is -1.22. The van der Waals surface area contributed by atoms with Crippen molar-refractivity contribution in [2.45, 2.75) is 52.6 Å². The Labute approximate surface area is 202 Å². The monoisotopic (exact) mass is 491 g/mol. The zero-order valence-corrected chi connectivity index (χ0v) is 21.1. The van der Waals surface area contributed by atoms with Crippen molar-refractivity contribution < 1.29 is 22.4 Å². The molecule has 0 saturated heterocycles. The van der Waals surface area contributed by atoms with Crippen molar-refractivity contribution in [2.24, 2.45) is 0 Å². The lowest BCUT2D eigenvalue weighted by Crippen LogP contribution is -2.52. The number of sulfonamides is 1. The first-order valence-electron chi connectivity index (χ1n) is 11.4. The zero-order chi connectivity index (χ0) is 25.3. The molecule has 1 atom stereocenters. The second-order valence-electron chi connectivity index (χ2n) is 8.27. The molecule has 1 N–H and O–H groups in total. The molecule has 2 aromatic rings. The first-order chi connectivity index (χ1) is 16.1. The van der Waals surface area contributed by atoms with Gasteiger partial charge in [0.1, 0.15) is 18.4 Å². The van der Waals surface area contributed by atoms with E-state index in [4.69, 9.17) is 0 Å². The fraction of sp³-hybridized carbons (Fsp3) is 0.440. The summed E-state index contributed by atoms with van der Waals surface area (Å²) in [6, 6.07) is 11.8. The molecule has 2 amide bonds. The van der Waals surface area contributed by atoms with Crippen LogP contribution in [0.15, 0.2) is 48.5 Å². The van der Waals surface area contributed by atoms with Crippen LogP contribution in [0.4, 0.5) is 10.1 Å². The van der Waals surface area contributed by atoms with Crippen LogP contribution in [0.5, 0.6) is 0 Å². The molecule has 0 aliphatic rings. The molecule has 0 saturated carbocycles. The lowest BCUT2D eigenvalue weighted by molar-refractivity contribution is -0.140. The Morgan fingerprint density at radius 3 is 2.26 bits per heavy atom. The molecule has 0 spiro atoms. The summed E-state index contributed by atoms with van der Waals surface area (Å²) in [6.45, 7) is 5.66. The zero-order valence-electron chi connectivity index (χ0n) is 20.3. The predicted octanol–water partition coefficient (Wildman–Crippen LogP) is 3.62. The number of hydrogen-bond donors (Lipinski definition) is 1. The molecule has 2 rings (SSSR count). The summed E-state index contributed by atoms with van der Waals surface area (Å²) >= 11 is 0. The summed E-state index contributed by atoms with van der Waals surface area (Å²) in [7, 11) is -3.78. The number of rotatable bonds is 12. The lowest BCUT2D eigenvalue weighted by atomic mass is 10.1. The van der Waals surface area contributed by atoms with Crippen LogP contribution in [0.25, 0.3) is 0 Å². The number of aryl methyl sites for hydroxylation is 1. The van der Waals surface area contributed by atoms with Crippen LogP contribution in [0.1, 0.15) is 44.2 Å². The van der Waals surface area contributed by atoms with Crippen LogP contribution in [0.3, 0.4) is 0 Å². The van der Waals surface area contributed by atoms with E-state index in [0.29, 0.717) is 29.8 Å². The van der Waals surface area contributed by atoms with Gasteiger partial charge in [0.25, 0.3) is 0 Å². The van der Waals surface area contributed by atoms with Gasteiger partial charge in [-0.2, -0.15) is 0 Å². The number of nitrogens with zero attached hydrogens (tertiary/aromatic N) is 2. The van der Waals surface area contributed by atoms with E-state index < -0.39 is 34.3 Å². The van der Waals surface area contributed by atoms with Crippen LogP contribution in [0.2, 0.25) is 0 Å². The Bertz CT molecular complexity index is 1070. The van der Waals surface area contributed by atoms with Gasteiger partial charge in [0.15, 0.2) is 0 Å². The van der Waals surface area contributed by atoms with Crippen LogP contribution < -0.4 is 9.62 Å². The van der Waals surface area contributed by atoms with Gasteiger partial charge in [0, 0.05) is 13.1 Å². The number of benzene rings is 2. The highest BCUT2D eigenvalue weighted by Gasteiger charge is 2.31. The molecule has 0 unspecified atom stereocenters. The van der Waals surface area contributed by atoms with Crippen LogP contribution >= 0.6 is 0 Å². The Hall–Kier alpha value is -2.94. The standard InChI is InChI=1S/C25H34FN3O4S/c1-5-7-16-27-25(31)22(6-2)28(17-20-12-14-21(26)15-13-20)24(30)18-29(34(4,32)33)23-11-9-8-10-19(23)3/h8-15,22H,5-7,16-18H2,1-4H3,(H,27,31)/t22-/m1/s1. The van der Waals surface area contributed by atoms with Crippen molar-refractivity contribution >= 4 is 27.5 Å². The third-order valence-corrected chi connectivity index (χ3v) is 6.67. The van der Waals surface area contributed by atoms with Gasteiger partial charge < -0.3 is 10.2 Å². The van der Waals surface area contributed by atoms with Gasteiger partial charge in [0.2, 0.25) is 21.8 Å². The number of para-hydroxylation sites is 1. The maximum Gasteiger partial charge on any atom is 0.244 e. The Balaban J connectivity index is 2.40. The number of hydrogen-bond acceptors (Lipinski definition) is 4. The van der Waals surface area contributed by atoms with Crippen molar-refractivity contribution in [2.75, 3.05) is 23.7 Å². The van der Waals surface area contributed by atoms with E-state index >= 15 is 0 Å². The van der Waals surface area contributed by atoms with E-state index in [1.165, 1.54) is 17.0 Å². The van der Waals surface area contributed by atoms with Gasteiger partial charge in [-0.1, -0.05) is 50.6 Å². The van der Waals surface area contributed by atoms with Gasteiger partial charge in [-0.15, -0.1) is 0 Å². The summed E-state index contributed by atoms with van der Waals surface area (Å²) in [5, 5.41) is 2.86. The minimum atomic E-state index is -3.78. The predicted molar refractivity (Wildman–Crippen MR) is 132 cm³/mol. The largest absolute Gasteiger partial charge is 0.354 e. The fourth-order valence-electron chi connectivity index (χ4n) is 3.65. The van der Waals surface area contributed by atoms with Crippen molar-refractivity contribution in [1.82, 2.24) is 10.2 Å². The van der Waals surface area contributed by atoms with Crippen LogP contribution in [-0.4, -0.2) is 50.5 Å². The number of anilines is 1. The number of halogens is 1. The molecule has 0 aliphatic heterocycles. The number of carbonyl (C=O) groups is 2. The van der Waals surface area contributed by atoms with Gasteiger partial charge in [-0.25, -0.2) is 12.8 Å². The Morgan fingerprint density at radius 2 is 1.71 bits per heavy atom. The van der Waals surface area contributed by atoms with Gasteiger partial charge >= 0.3 is 0 Å². The lowest BCUT2D eigenvalue weighted by Gasteiger charge is -2.33. The van der Waals surface area contributed by atoms with Gasteiger partial charge in [0.05, 0.1) is 11.9 Å². The van der Waals surface area contributed by atoms with E-state index in [1.54, 1.807) is 50.2 Å². The first-order valence-corrected chi connectivity index (χ1v) is 13.3. The van der Waals surface area contributed by atoms with Gasteiger partial charge in [-0.3, -0.25) is 13.9 Å².